The number of rotatable bonds is 1. The van der Waals surface area contributed by atoms with E-state index < -0.39 is 0 Å². The first-order valence-corrected chi connectivity index (χ1v) is 1.52. The molecule has 0 rings (SSSR count). The summed E-state index contributed by atoms with van der Waals surface area (Å²) in [6, 6.07) is 0. The maximum atomic E-state index is 8.29. The molecule has 0 radical (unpaired) electrons. The van der Waals surface area contributed by atoms with Crippen molar-refractivity contribution in [2.75, 3.05) is 0 Å². The summed E-state index contributed by atoms with van der Waals surface area (Å²) in [5.74, 6) is -0.00463. The van der Waals surface area contributed by atoms with Crippen LogP contribution in [0.25, 0.3) is 0 Å². The Kier molecular flexibility index (Phi) is 1.94. The number of hydrogen-bond donors (Lipinski definition) is 1. The molecule has 0 atom stereocenters. The SMILES string of the molecule is C=C=C(O)C=C. The van der Waals surface area contributed by atoms with Gasteiger partial charge in [-0.1, -0.05) is 18.9 Å². The van der Waals surface area contributed by atoms with E-state index in [1.165, 1.54) is 6.08 Å². The smallest absolute Gasteiger partial charge is 0.157 e. The van der Waals surface area contributed by atoms with Gasteiger partial charge in [-0.15, -0.1) is 0 Å². The minimum atomic E-state index is -0.00463. The number of aliphatic hydroxyl groups excluding tert-OH is 1. The molecule has 0 aliphatic carbocycles. The van der Waals surface area contributed by atoms with Crippen LogP contribution in [0.2, 0.25) is 0 Å². The Hall–Kier alpha value is -0.940. The third kappa shape index (κ3) is 1.39. The van der Waals surface area contributed by atoms with Crippen molar-refractivity contribution in [3.05, 3.63) is 30.7 Å². The molecule has 0 heterocycles. The zero-order chi connectivity index (χ0) is 4.99. The third-order valence-corrected chi connectivity index (χ3v) is 0.374. The summed E-state index contributed by atoms with van der Waals surface area (Å²) in [6.45, 7) is 6.39. The van der Waals surface area contributed by atoms with Crippen LogP contribution >= 0.6 is 0 Å². The summed E-state index contributed by atoms with van der Waals surface area (Å²) in [5.41, 5.74) is 2.22. The summed E-state index contributed by atoms with van der Waals surface area (Å²) in [7, 11) is 0. The first-order valence-electron chi connectivity index (χ1n) is 1.52. The molecule has 6 heavy (non-hydrogen) atoms. The molecule has 0 aromatic rings. The van der Waals surface area contributed by atoms with Gasteiger partial charge in [0.2, 0.25) is 0 Å². The molecule has 0 saturated carbocycles. The van der Waals surface area contributed by atoms with Gasteiger partial charge in [0.15, 0.2) is 5.76 Å². The molecule has 0 amide bonds. The van der Waals surface area contributed by atoms with Crippen LogP contribution in [0.3, 0.4) is 0 Å². The van der Waals surface area contributed by atoms with E-state index in [4.69, 9.17) is 5.11 Å². The van der Waals surface area contributed by atoms with Crippen LogP contribution in [-0.4, -0.2) is 5.11 Å². The fourth-order valence-corrected chi connectivity index (χ4v) is 0.0722. The van der Waals surface area contributed by atoms with E-state index in [1.54, 1.807) is 0 Å². The molecule has 1 heteroatoms. The predicted octanol–water partition coefficient (Wildman–Crippen LogP) is 1.40. The lowest BCUT2D eigenvalue weighted by molar-refractivity contribution is 0.434. The summed E-state index contributed by atoms with van der Waals surface area (Å²) in [5, 5.41) is 8.29. The predicted molar refractivity (Wildman–Crippen MR) is 25.5 cm³/mol. The van der Waals surface area contributed by atoms with Crippen LogP contribution in [0.15, 0.2) is 30.7 Å². The first-order chi connectivity index (χ1) is 2.81. The highest BCUT2D eigenvalue weighted by Gasteiger charge is 1.67. The van der Waals surface area contributed by atoms with Crippen molar-refractivity contribution >= 4 is 0 Å². The van der Waals surface area contributed by atoms with Gasteiger partial charge in [0.1, 0.15) is 0 Å². The van der Waals surface area contributed by atoms with Gasteiger partial charge >= 0.3 is 0 Å². The average molecular weight is 82.1 g/mol. The van der Waals surface area contributed by atoms with Crippen molar-refractivity contribution in [1.29, 1.82) is 0 Å². The maximum Gasteiger partial charge on any atom is 0.157 e. The van der Waals surface area contributed by atoms with E-state index >= 15 is 0 Å². The van der Waals surface area contributed by atoms with E-state index in [9.17, 15) is 0 Å². The van der Waals surface area contributed by atoms with Crippen molar-refractivity contribution in [3.63, 3.8) is 0 Å². The van der Waals surface area contributed by atoms with Gasteiger partial charge in [0.05, 0.1) is 0 Å². The Bertz CT molecular complexity index is 96.5. The molecular formula is C5H6O. The molecule has 0 saturated heterocycles. The van der Waals surface area contributed by atoms with E-state index in [2.05, 4.69) is 18.9 Å². The van der Waals surface area contributed by atoms with Crippen LogP contribution in [-0.2, 0) is 0 Å². The van der Waals surface area contributed by atoms with Crippen molar-refractivity contribution in [3.8, 4) is 0 Å². The minimum absolute atomic E-state index is 0.00463. The Labute approximate surface area is 36.9 Å². The van der Waals surface area contributed by atoms with Crippen LogP contribution in [0.4, 0.5) is 0 Å². The fourth-order valence-electron chi connectivity index (χ4n) is 0.0722. The van der Waals surface area contributed by atoms with Crippen molar-refractivity contribution in [2.45, 2.75) is 0 Å². The normalized spacial score (nSPS) is 6.00. The number of aliphatic hydroxyl groups is 1. The zero-order valence-corrected chi connectivity index (χ0v) is 3.44. The van der Waals surface area contributed by atoms with Crippen LogP contribution in [0.5, 0.6) is 0 Å². The van der Waals surface area contributed by atoms with Gasteiger partial charge in [-0.3, -0.25) is 0 Å². The Morgan fingerprint density at radius 3 is 2.33 bits per heavy atom. The molecule has 0 aromatic heterocycles. The van der Waals surface area contributed by atoms with E-state index in [0.717, 1.165) is 0 Å². The lowest BCUT2D eigenvalue weighted by Gasteiger charge is -1.73. The Morgan fingerprint density at radius 2 is 2.33 bits per heavy atom. The summed E-state index contributed by atoms with van der Waals surface area (Å²) >= 11 is 0. The second-order valence-electron chi connectivity index (χ2n) is 0.766. The van der Waals surface area contributed by atoms with E-state index in [0.29, 0.717) is 0 Å². The first kappa shape index (κ1) is 5.06. The molecular weight excluding hydrogens is 76.1 g/mol. The molecule has 0 spiro atoms. The molecule has 0 fully saturated rings. The number of hydrogen-bond acceptors (Lipinski definition) is 1. The molecule has 0 unspecified atom stereocenters. The fraction of sp³-hybridized carbons (Fsp3) is 0. The monoisotopic (exact) mass is 82.0 g/mol. The van der Waals surface area contributed by atoms with Gasteiger partial charge in [-0.25, -0.2) is 0 Å². The quantitative estimate of drug-likeness (QED) is 0.288. The van der Waals surface area contributed by atoms with Gasteiger partial charge in [-0.05, 0) is 6.08 Å². The topological polar surface area (TPSA) is 20.2 Å². The average Bonchev–Trinajstić information content (AvgIpc) is 1.65. The summed E-state index contributed by atoms with van der Waals surface area (Å²) in [4.78, 5) is 0. The largest absolute Gasteiger partial charge is 0.501 e. The molecule has 1 nitrogen and oxygen atoms in total. The molecule has 0 bridgehead atoms. The summed E-state index contributed by atoms with van der Waals surface area (Å²) < 4.78 is 0. The number of allylic oxidation sites excluding steroid dienone is 1. The molecule has 0 aromatic carbocycles. The second-order valence-corrected chi connectivity index (χ2v) is 0.766. The lowest BCUT2D eigenvalue weighted by atomic mass is 10.5. The van der Waals surface area contributed by atoms with Crippen LogP contribution in [0.1, 0.15) is 0 Å². The third-order valence-electron chi connectivity index (χ3n) is 0.374. The molecule has 0 aliphatic heterocycles. The zero-order valence-electron chi connectivity index (χ0n) is 3.44. The highest BCUT2D eigenvalue weighted by atomic mass is 16.3. The highest BCUT2D eigenvalue weighted by molar-refractivity contribution is 5.03. The van der Waals surface area contributed by atoms with Crippen LogP contribution < -0.4 is 0 Å². The van der Waals surface area contributed by atoms with Crippen LogP contribution in [0, 0.1) is 0 Å². The Balaban J connectivity index is 3.86. The van der Waals surface area contributed by atoms with Gasteiger partial charge < -0.3 is 5.11 Å². The second kappa shape index (κ2) is 2.31. The standard InChI is InChI=1S/C5H6O/c1-3-5(6)4-2/h3,6H,1-2H2. The van der Waals surface area contributed by atoms with Crippen molar-refractivity contribution in [1.82, 2.24) is 0 Å². The summed E-state index contributed by atoms with van der Waals surface area (Å²) in [6.07, 6.45) is 1.27. The minimum Gasteiger partial charge on any atom is -0.501 e. The van der Waals surface area contributed by atoms with Crippen molar-refractivity contribution in [2.24, 2.45) is 0 Å². The van der Waals surface area contributed by atoms with Gasteiger partial charge in [0, 0.05) is 0 Å². The van der Waals surface area contributed by atoms with E-state index in [-0.39, 0.29) is 5.76 Å². The lowest BCUT2D eigenvalue weighted by Crippen LogP contribution is -1.61. The maximum absolute atomic E-state index is 8.29. The Morgan fingerprint density at radius 1 is 1.83 bits per heavy atom. The van der Waals surface area contributed by atoms with Crippen molar-refractivity contribution < 1.29 is 5.11 Å². The molecule has 1 N–H and O–H groups in total. The van der Waals surface area contributed by atoms with E-state index in [1.807, 2.05) is 0 Å². The highest BCUT2D eigenvalue weighted by Crippen LogP contribution is 1.78. The molecule has 0 aliphatic rings. The van der Waals surface area contributed by atoms with Gasteiger partial charge in [0.25, 0.3) is 0 Å². The molecule has 32 valence electrons. The van der Waals surface area contributed by atoms with Gasteiger partial charge in [-0.2, -0.15) is 0 Å².